The lowest BCUT2D eigenvalue weighted by Gasteiger charge is -2.60. The fourth-order valence-corrected chi connectivity index (χ4v) is 8.84. The number of amides is 1. The molecule has 8 atom stereocenters. The molecule has 1 amide bonds. The molecule has 4 aliphatic carbocycles. The monoisotopic (exact) mass is 565 g/mol. The molecule has 1 aromatic rings. The third kappa shape index (κ3) is 5.18. The van der Waals surface area contributed by atoms with E-state index in [2.05, 4.69) is 12.2 Å². The van der Waals surface area contributed by atoms with Crippen molar-refractivity contribution in [1.29, 1.82) is 0 Å². The van der Waals surface area contributed by atoms with Crippen LogP contribution in [0.2, 0.25) is 0 Å². The zero-order valence-corrected chi connectivity index (χ0v) is 24.4. The van der Waals surface area contributed by atoms with Crippen LogP contribution in [-0.4, -0.2) is 52.0 Å². The summed E-state index contributed by atoms with van der Waals surface area (Å²) < 4.78 is 5.25. The summed E-state index contributed by atoms with van der Waals surface area (Å²) in [6.45, 7) is 5.38. The van der Waals surface area contributed by atoms with Gasteiger partial charge in [0, 0.05) is 18.3 Å². The van der Waals surface area contributed by atoms with Crippen LogP contribution in [0, 0.1) is 28.6 Å². The predicted molar refractivity (Wildman–Crippen MR) is 151 cm³/mol. The molecule has 4 aliphatic rings. The van der Waals surface area contributed by atoms with Crippen molar-refractivity contribution in [3.05, 3.63) is 47.5 Å². The number of esters is 1. The molecule has 8 nitrogen and oxygen atoms in total. The quantitative estimate of drug-likeness (QED) is 0.407. The van der Waals surface area contributed by atoms with Crippen LogP contribution in [0.25, 0.3) is 0 Å². The zero-order chi connectivity index (χ0) is 29.6. The van der Waals surface area contributed by atoms with Gasteiger partial charge in [0.15, 0.2) is 12.4 Å². The fraction of sp³-hybridized carbons (Fsp3) is 0.636. The molecule has 0 heterocycles. The van der Waals surface area contributed by atoms with Crippen molar-refractivity contribution in [2.75, 3.05) is 6.61 Å². The summed E-state index contributed by atoms with van der Waals surface area (Å²) in [7, 11) is 0. The Kier molecular flexibility index (Phi) is 8.03. The van der Waals surface area contributed by atoms with Crippen LogP contribution < -0.4 is 5.32 Å². The van der Waals surface area contributed by atoms with Crippen molar-refractivity contribution < 1.29 is 34.1 Å². The number of aliphatic hydroxyl groups is 2. The first kappa shape index (κ1) is 29.6. The van der Waals surface area contributed by atoms with Crippen LogP contribution in [-0.2, 0) is 23.9 Å². The molecule has 3 N–H and O–H groups in total. The molecule has 0 spiro atoms. The minimum Gasteiger partial charge on any atom is -0.458 e. The highest BCUT2D eigenvalue weighted by molar-refractivity contribution is 5.92. The zero-order valence-electron chi connectivity index (χ0n) is 24.4. The lowest BCUT2D eigenvalue weighted by molar-refractivity contribution is -0.184. The molecule has 8 heteroatoms. The molecule has 3 fully saturated rings. The number of nitrogens with one attached hydrogen (secondary N) is 1. The molecule has 0 aliphatic heterocycles. The average molecular weight is 566 g/mol. The second-order valence-electron chi connectivity index (χ2n) is 13.3. The van der Waals surface area contributed by atoms with E-state index in [0.29, 0.717) is 12.8 Å². The number of rotatable bonds is 8. The first-order valence-electron chi connectivity index (χ1n) is 15.1. The van der Waals surface area contributed by atoms with Gasteiger partial charge in [-0.15, -0.1) is 0 Å². The van der Waals surface area contributed by atoms with Gasteiger partial charge in [0.2, 0.25) is 11.7 Å². The summed E-state index contributed by atoms with van der Waals surface area (Å²) in [5, 5.41) is 26.2. The highest BCUT2D eigenvalue weighted by Gasteiger charge is 2.68. The van der Waals surface area contributed by atoms with Gasteiger partial charge in [-0.25, -0.2) is 0 Å². The van der Waals surface area contributed by atoms with Crippen LogP contribution in [0.3, 0.4) is 0 Å². The van der Waals surface area contributed by atoms with E-state index in [0.717, 1.165) is 30.4 Å². The van der Waals surface area contributed by atoms with Crippen molar-refractivity contribution in [3.8, 4) is 0 Å². The van der Waals surface area contributed by atoms with Gasteiger partial charge in [0.25, 0.3) is 0 Å². The maximum atomic E-state index is 13.4. The Morgan fingerprint density at radius 2 is 1.80 bits per heavy atom. The number of aliphatic hydroxyl groups excluding tert-OH is 1. The largest absolute Gasteiger partial charge is 0.458 e. The number of ketones is 2. The Morgan fingerprint density at radius 3 is 2.54 bits per heavy atom. The van der Waals surface area contributed by atoms with Crippen molar-refractivity contribution in [2.45, 2.75) is 96.3 Å². The van der Waals surface area contributed by atoms with E-state index >= 15 is 0 Å². The van der Waals surface area contributed by atoms with Crippen LogP contribution in [0.4, 0.5) is 0 Å². The molecule has 41 heavy (non-hydrogen) atoms. The second kappa shape index (κ2) is 11.1. The van der Waals surface area contributed by atoms with Crippen LogP contribution in [0.1, 0.15) is 90.2 Å². The molecule has 0 saturated heterocycles. The standard InChI is InChI=1S/C33H43NO7/c1-20(21-7-5-4-6-8-21)34-28(38)11-12-29(39)41-19-27(37)33(40)16-14-25-24-10-9-22-17-23(35)13-15-31(22,2)30(24)26(36)18-32(25,33)3/h4-8,17,20,24-26,30,36,40H,9-16,18-19H2,1-3H3,(H,34,38)/t20-,24-,25+,26-,30+,31-,32-,33-/m0/s1. The molecule has 5 rings (SSSR count). The summed E-state index contributed by atoms with van der Waals surface area (Å²) >= 11 is 0. The van der Waals surface area contributed by atoms with E-state index in [1.807, 2.05) is 44.2 Å². The summed E-state index contributed by atoms with van der Waals surface area (Å²) in [5.41, 5.74) is -0.698. The number of Topliss-reactive ketones (excluding diaryl/α,β-unsaturated/α-hetero) is 1. The normalized spacial score (nSPS) is 36.7. The summed E-state index contributed by atoms with van der Waals surface area (Å²) in [5.74, 6) is -1.17. The highest BCUT2D eigenvalue weighted by atomic mass is 16.5. The van der Waals surface area contributed by atoms with Crippen molar-refractivity contribution >= 4 is 23.4 Å². The second-order valence-corrected chi connectivity index (χ2v) is 13.3. The lowest BCUT2D eigenvalue weighted by atomic mass is 9.45. The lowest BCUT2D eigenvalue weighted by Crippen LogP contribution is -2.62. The summed E-state index contributed by atoms with van der Waals surface area (Å²) in [4.78, 5) is 50.3. The Balaban J connectivity index is 1.18. The molecule has 0 unspecified atom stereocenters. The topological polar surface area (TPSA) is 130 Å². The van der Waals surface area contributed by atoms with Gasteiger partial charge in [-0.3, -0.25) is 19.2 Å². The third-order valence-electron chi connectivity index (χ3n) is 11.1. The first-order chi connectivity index (χ1) is 19.4. The minimum atomic E-state index is -1.70. The van der Waals surface area contributed by atoms with E-state index in [1.54, 1.807) is 6.08 Å². The first-order valence-corrected chi connectivity index (χ1v) is 15.1. The number of benzene rings is 1. The van der Waals surface area contributed by atoms with Gasteiger partial charge in [-0.05, 0) is 80.3 Å². The number of hydrogen-bond donors (Lipinski definition) is 3. The van der Waals surface area contributed by atoms with Crippen molar-refractivity contribution in [1.82, 2.24) is 5.32 Å². The number of ether oxygens (including phenoxy) is 1. The van der Waals surface area contributed by atoms with E-state index in [4.69, 9.17) is 4.74 Å². The number of carbonyl (C=O) groups excluding carboxylic acids is 4. The molecule has 3 saturated carbocycles. The van der Waals surface area contributed by atoms with E-state index in [-0.39, 0.29) is 66.6 Å². The number of carbonyl (C=O) groups is 4. The molecule has 0 radical (unpaired) electrons. The Morgan fingerprint density at radius 1 is 1.07 bits per heavy atom. The van der Waals surface area contributed by atoms with E-state index in [9.17, 15) is 29.4 Å². The Bertz CT molecular complexity index is 1240. The van der Waals surface area contributed by atoms with Gasteiger partial charge in [-0.1, -0.05) is 49.8 Å². The minimum absolute atomic E-state index is 0.0142. The maximum absolute atomic E-state index is 13.4. The molecular formula is C33H43NO7. The summed E-state index contributed by atoms with van der Waals surface area (Å²) in [6, 6.07) is 9.30. The number of allylic oxidation sites excluding steroid dienone is 1. The van der Waals surface area contributed by atoms with Gasteiger partial charge in [-0.2, -0.15) is 0 Å². The Labute approximate surface area is 241 Å². The van der Waals surface area contributed by atoms with Crippen molar-refractivity contribution in [2.24, 2.45) is 28.6 Å². The molecule has 222 valence electrons. The van der Waals surface area contributed by atoms with Crippen LogP contribution >= 0.6 is 0 Å². The van der Waals surface area contributed by atoms with Gasteiger partial charge in [0.1, 0.15) is 5.60 Å². The van der Waals surface area contributed by atoms with Crippen molar-refractivity contribution in [3.63, 3.8) is 0 Å². The van der Waals surface area contributed by atoms with E-state index in [1.165, 1.54) is 0 Å². The fourth-order valence-electron chi connectivity index (χ4n) is 8.84. The van der Waals surface area contributed by atoms with Gasteiger partial charge < -0.3 is 20.3 Å². The average Bonchev–Trinajstić information content (AvgIpc) is 3.21. The Hall–Kier alpha value is -2.84. The molecule has 0 aromatic heterocycles. The molecule has 1 aromatic carbocycles. The molecule has 0 bridgehead atoms. The number of hydrogen-bond acceptors (Lipinski definition) is 7. The van der Waals surface area contributed by atoms with Gasteiger partial charge >= 0.3 is 5.97 Å². The molecular weight excluding hydrogens is 522 g/mol. The third-order valence-corrected chi connectivity index (χ3v) is 11.1. The summed E-state index contributed by atoms with van der Waals surface area (Å²) in [6.07, 6.45) is 4.88. The smallest absolute Gasteiger partial charge is 0.306 e. The van der Waals surface area contributed by atoms with E-state index < -0.39 is 35.5 Å². The SMILES string of the molecule is C[C@H](NC(=O)CCC(=O)OCC(=O)[C@@]1(O)CC[C@@H]2[C@@H]3CCC4=CC(=O)CC[C@]4(C)[C@H]3[C@@H](O)C[C@@]21C)c1ccccc1. The number of fused-ring (bicyclic) bond motifs is 5. The maximum Gasteiger partial charge on any atom is 0.306 e. The van der Waals surface area contributed by atoms with Crippen LogP contribution in [0.15, 0.2) is 42.0 Å². The highest BCUT2D eigenvalue weighted by Crippen LogP contribution is 2.67. The van der Waals surface area contributed by atoms with Gasteiger partial charge in [0.05, 0.1) is 18.6 Å². The predicted octanol–water partition coefficient (Wildman–Crippen LogP) is 3.99. The van der Waals surface area contributed by atoms with Crippen LogP contribution in [0.5, 0.6) is 0 Å².